The molecule has 1 aliphatic rings. The lowest BCUT2D eigenvalue weighted by molar-refractivity contribution is 0.340. The number of methoxy groups -OCH3 is 1. The quantitative estimate of drug-likeness (QED) is 0.768. The number of ether oxygens (including phenoxy) is 2. The van der Waals surface area contributed by atoms with Gasteiger partial charge < -0.3 is 9.47 Å². The molecule has 0 fully saturated rings. The van der Waals surface area contributed by atoms with Gasteiger partial charge in [-0.2, -0.15) is 5.10 Å². The largest absolute Gasteiger partial charge is 0.488 e. The van der Waals surface area contributed by atoms with Gasteiger partial charge in [0.1, 0.15) is 12.4 Å². The summed E-state index contributed by atoms with van der Waals surface area (Å²) < 4.78 is 13.2. The highest BCUT2D eigenvalue weighted by Crippen LogP contribution is 2.32. The van der Waals surface area contributed by atoms with E-state index in [4.69, 9.17) is 9.47 Å². The lowest BCUT2D eigenvalue weighted by Crippen LogP contribution is -2.12. The van der Waals surface area contributed by atoms with Crippen molar-refractivity contribution in [3.63, 3.8) is 0 Å². The summed E-state index contributed by atoms with van der Waals surface area (Å²) in [5.74, 6) is 1.37. The Morgan fingerprint density at radius 3 is 2.79 bits per heavy atom. The van der Waals surface area contributed by atoms with Gasteiger partial charge in [0.05, 0.1) is 19.0 Å². The molecule has 1 aliphatic carbocycles. The summed E-state index contributed by atoms with van der Waals surface area (Å²) in [5.41, 5.74) is 4.05. The van der Waals surface area contributed by atoms with Crippen LogP contribution in [-0.4, -0.2) is 28.5 Å². The van der Waals surface area contributed by atoms with Crippen LogP contribution < -0.4 is 9.47 Å². The number of aromatic nitrogens is 3. The summed E-state index contributed by atoms with van der Waals surface area (Å²) in [4.78, 5) is 4.19. The van der Waals surface area contributed by atoms with Crippen molar-refractivity contribution in [1.82, 2.24) is 14.8 Å². The highest BCUT2D eigenvalue weighted by molar-refractivity contribution is 5.67. The Kier molecular flexibility index (Phi) is 5.51. The molecule has 0 unspecified atom stereocenters. The van der Waals surface area contributed by atoms with Crippen molar-refractivity contribution in [2.45, 2.75) is 45.6 Å². The fourth-order valence-electron chi connectivity index (χ4n) is 3.16. The molecule has 24 heavy (non-hydrogen) atoms. The Morgan fingerprint density at radius 2 is 2.04 bits per heavy atom. The molecule has 2 aromatic heterocycles. The monoisotopic (exact) mass is 327 g/mol. The average molecular weight is 327 g/mol. The molecule has 0 atom stereocenters. The Hall–Kier alpha value is -2.30. The highest BCUT2D eigenvalue weighted by Gasteiger charge is 2.18. The topological polar surface area (TPSA) is 49.2 Å². The Morgan fingerprint density at radius 1 is 1.17 bits per heavy atom. The molecule has 5 nitrogen and oxygen atoms in total. The first-order valence-corrected chi connectivity index (χ1v) is 8.67. The fourth-order valence-corrected chi connectivity index (χ4v) is 3.16. The molecule has 5 heteroatoms. The number of nitrogens with zero attached hydrogens (tertiary/aromatic N) is 3. The third-order valence-electron chi connectivity index (χ3n) is 4.37. The molecule has 0 amide bonds. The van der Waals surface area contributed by atoms with Gasteiger partial charge in [-0.3, -0.25) is 4.68 Å². The van der Waals surface area contributed by atoms with Crippen molar-refractivity contribution in [1.29, 1.82) is 0 Å². The second kappa shape index (κ2) is 7.99. The van der Waals surface area contributed by atoms with E-state index in [-0.39, 0.29) is 0 Å². The highest BCUT2D eigenvalue weighted by atomic mass is 16.5. The van der Waals surface area contributed by atoms with Crippen molar-refractivity contribution in [2.24, 2.45) is 0 Å². The van der Waals surface area contributed by atoms with Gasteiger partial charge >= 0.3 is 0 Å². The lowest BCUT2D eigenvalue weighted by atomic mass is 9.90. The van der Waals surface area contributed by atoms with E-state index in [1.807, 2.05) is 18.3 Å². The predicted molar refractivity (Wildman–Crippen MR) is 94.2 cm³/mol. The molecule has 0 bridgehead atoms. The standard InChI is InChI=1S/C19H25N3O2/c1-3-12-22-18(10-11-21-22)17-7-5-4-6-15(17)14-24-16-8-9-19(23-2)20-13-16/h8-11,13H,3-7,12,14H2,1-2H3. The smallest absolute Gasteiger partial charge is 0.213 e. The van der Waals surface area contributed by atoms with E-state index >= 15 is 0 Å². The molecule has 0 saturated carbocycles. The molecule has 0 aliphatic heterocycles. The summed E-state index contributed by atoms with van der Waals surface area (Å²) in [6.45, 7) is 3.75. The third kappa shape index (κ3) is 3.78. The third-order valence-corrected chi connectivity index (χ3v) is 4.37. The van der Waals surface area contributed by atoms with E-state index in [1.165, 1.54) is 29.7 Å². The van der Waals surface area contributed by atoms with Gasteiger partial charge in [0.25, 0.3) is 0 Å². The molecule has 0 N–H and O–H groups in total. The van der Waals surface area contributed by atoms with E-state index in [0.29, 0.717) is 12.5 Å². The summed E-state index contributed by atoms with van der Waals surface area (Å²) in [7, 11) is 1.61. The second-order valence-electron chi connectivity index (χ2n) is 6.05. The van der Waals surface area contributed by atoms with Gasteiger partial charge in [0.2, 0.25) is 5.88 Å². The van der Waals surface area contributed by atoms with Crippen LogP contribution in [0.15, 0.2) is 36.2 Å². The zero-order valence-corrected chi connectivity index (χ0v) is 14.5. The summed E-state index contributed by atoms with van der Waals surface area (Å²) in [6.07, 6.45) is 9.36. The molecule has 0 aromatic carbocycles. The normalized spacial score (nSPS) is 14.8. The van der Waals surface area contributed by atoms with E-state index in [9.17, 15) is 0 Å². The summed E-state index contributed by atoms with van der Waals surface area (Å²) >= 11 is 0. The predicted octanol–water partition coefficient (Wildman–Crippen LogP) is 4.10. The van der Waals surface area contributed by atoms with Crippen molar-refractivity contribution in [3.8, 4) is 11.6 Å². The van der Waals surface area contributed by atoms with Gasteiger partial charge in [0.15, 0.2) is 0 Å². The van der Waals surface area contributed by atoms with E-state index in [2.05, 4.69) is 27.8 Å². The molecule has 2 aromatic rings. The number of pyridine rings is 1. The minimum Gasteiger partial charge on any atom is -0.488 e. The van der Waals surface area contributed by atoms with Crippen LogP contribution in [0.25, 0.3) is 5.57 Å². The maximum atomic E-state index is 5.97. The second-order valence-corrected chi connectivity index (χ2v) is 6.05. The zero-order chi connectivity index (χ0) is 16.8. The van der Waals surface area contributed by atoms with Crippen LogP contribution in [0.2, 0.25) is 0 Å². The first-order valence-electron chi connectivity index (χ1n) is 8.67. The number of hydrogen-bond donors (Lipinski definition) is 0. The number of aryl methyl sites for hydroxylation is 1. The molecule has 0 saturated heterocycles. The van der Waals surface area contributed by atoms with Crippen LogP contribution >= 0.6 is 0 Å². The molecular weight excluding hydrogens is 302 g/mol. The van der Waals surface area contributed by atoms with Gasteiger partial charge in [-0.25, -0.2) is 4.98 Å². The van der Waals surface area contributed by atoms with Crippen molar-refractivity contribution < 1.29 is 9.47 Å². The van der Waals surface area contributed by atoms with E-state index in [1.54, 1.807) is 13.3 Å². The molecule has 3 rings (SSSR count). The molecular formula is C19H25N3O2. The molecule has 128 valence electrons. The van der Waals surface area contributed by atoms with Crippen LogP contribution in [0.3, 0.4) is 0 Å². The van der Waals surface area contributed by atoms with Crippen LogP contribution in [0.1, 0.15) is 44.7 Å². The maximum absolute atomic E-state index is 5.97. The van der Waals surface area contributed by atoms with Gasteiger partial charge in [-0.1, -0.05) is 6.92 Å². The first-order chi connectivity index (χ1) is 11.8. The van der Waals surface area contributed by atoms with Crippen LogP contribution in [0.5, 0.6) is 11.6 Å². The average Bonchev–Trinajstić information content (AvgIpc) is 3.09. The Balaban J connectivity index is 1.77. The van der Waals surface area contributed by atoms with Gasteiger partial charge in [0, 0.05) is 18.8 Å². The molecule has 2 heterocycles. The number of allylic oxidation sites excluding steroid dienone is 1. The van der Waals surface area contributed by atoms with Crippen molar-refractivity contribution in [3.05, 3.63) is 41.9 Å². The molecule has 0 spiro atoms. The SMILES string of the molecule is CCCn1nccc1C1=C(COc2ccc(OC)nc2)CCCC1. The summed E-state index contributed by atoms with van der Waals surface area (Å²) in [6, 6.07) is 5.85. The molecule has 0 radical (unpaired) electrons. The fraction of sp³-hybridized carbons (Fsp3) is 0.474. The van der Waals surface area contributed by atoms with E-state index in [0.717, 1.165) is 31.6 Å². The number of rotatable bonds is 7. The van der Waals surface area contributed by atoms with E-state index < -0.39 is 0 Å². The summed E-state index contributed by atoms with van der Waals surface area (Å²) in [5, 5.41) is 4.47. The maximum Gasteiger partial charge on any atom is 0.213 e. The van der Waals surface area contributed by atoms with Crippen LogP contribution in [0.4, 0.5) is 0 Å². The Bertz CT molecular complexity index is 689. The minimum absolute atomic E-state index is 0.600. The Labute approximate surface area is 143 Å². The van der Waals surface area contributed by atoms with Gasteiger partial charge in [-0.15, -0.1) is 0 Å². The van der Waals surface area contributed by atoms with Crippen molar-refractivity contribution in [2.75, 3.05) is 13.7 Å². The lowest BCUT2D eigenvalue weighted by Gasteiger charge is -2.21. The van der Waals surface area contributed by atoms with Gasteiger partial charge in [-0.05, 0) is 55.4 Å². The van der Waals surface area contributed by atoms with Crippen molar-refractivity contribution >= 4 is 5.57 Å². The zero-order valence-electron chi connectivity index (χ0n) is 14.5. The minimum atomic E-state index is 0.600. The van der Waals surface area contributed by atoms with Crippen LogP contribution in [-0.2, 0) is 6.54 Å². The first kappa shape index (κ1) is 16.6. The number of hydrogen-bond acceptors (Lipinski definition) is 4. The van der Waals surface area contributed by atoms with Crippen LogP contribution in [0, 0.1) is 0 Å².